The first kappa shape index (κ1) is 17.2. The molecular weight excluding hydrogens is 322 g/mol. The molecule has 2 unspecified atom stereocenters. The lowest BCUT2D eigenvalue weighted by molar-refractivity contribution is -0.160. The number of morpholine rings is 1. The number of nitrogens with zero attached hydrogens (tertiary/aromatic N) is 1. The Hall–Kier alpha value is -2.16. The maximum absolute atomic E-state index is 14.3. The zero-order valence-electron chi connectivity index (χ0n) is 11.7. The highest BCUT2D eigenvalue weighted by Crippen LogP contribution is 2.31. The first-order valence-corrected chi connectivity index (χ1v) is 6.64. The minimum atomic E-state index is -4.56. The molecule has 2 rings (SSSR count). The lowest BCUT2D eigenvalue weighted by atomic mass is 10.1. The third kappa shape index (κ3) is 3.79. The number of carboxylic acids is 1. The number of ether oxygens (including phenoxy) is 1. The number of halogens is 4. The van der Waals surface area contributed by atoms with Crippen LogP contribution < -0.4 is 0 Å². The zero-order chi connectivity index (χ0) is 17.2. The maximum Gasteiger partial charge on any atom is 0.416 e. The van der Waals surface area contributed by atoms with E-state index in [1.165, 1.54) is 0 Å². The van der Waals surface area contributed by atoms with Crippen molar-refractivity contribution in [2.75, 3.05) is 19.8 Å². The van der Waals surface area contributed by atoms with Crippen molar-refractivity contribution in [1.82, 2.24) is 4.90 Å². The van der Waals surface area contributed by atoms with Crippen LogP contribution in [0.4, 0.5) is 17.6 Å². The Kier molecular flexibility index (Phi) is 4.88. The van der Waals surface area contributed by atoms with Crippen LogP contribution in [0.3, 0.4) is 0 Å². The number of carbonyl (C=O) groups excluding carboxylic acids is 1. The number of benzene rings is 1. The molecule has 9 heteroatoms. The molecule has 1 amide bonds. The minimum Gasteiger partial charge on any atom is -0.480 e. The lowest BCUT2D eigenvalue weighted by Gasteiger charge is -2.33. The third-order valence-electron chi connectivity index (χ3n) is 3.44. The first-order valence-electron chi connectivity index (χ1n) is 6.64. The van der Waals surface area contributed by atoms with Crippen molar-refractivity contribution in [3.05, 3.63) is 35.4 Å². The van der Waals surface area contributed by atoms with Crippen molar-refractivity contribution in [3.8, 4) is 0 Å². The van der Waals surface area contributed by atoms with Gasteiger partial charge >= 0.3 is 12.1 Å². The van der Waals surface area contributed by atoms with Gasteiger partial charge < -0.3 is 14.7 Å². The Labute approximate surface area is 128 Å². The fourth-order valence-corrected chi connectivity index (χ4v) is 2.20. The molecule has 1 aliphatic rings. The first-order chi connectivity index (χ1) is 10.7. The predicted octanol–water partition coefficient (Wildman–Crippen LogP) is 2.03. The fourth-order valence-electron chi connectivity index (χ4n) is 2.20. The highest BCUT2D eigenvalue weighted by atomic mass is 19.4. The molecule has 126 valence electrons. The molecule has 0 bridgehead atoms. The summed E-state index contributed by atoms with van der Waals surface area (Å²) in [4.78, 5) is 24.0. The normalized spacial score (nSPS) is 20.2. The van der Waals surface area contributed by atoms with Crippen molar-refractivity contribution in [2.24, 2.45) is 0 Å². The van der Waals surface area contributed by atoms with Gasteiger partial charge in [0.25, 0.3) is 5.91 Å². The highest BCUT2D eigenvalue weighted by molar-refractivity contribution is 5.87. The summed E-state index contributed by atoms with van der Waals surface area (Å²) in [6.45, 7) is -0.299. The monoisotopic (exact) mass is 335 g/mol. The van der Waals surface area contributed by atoms with E-state index < -0.39 is 35.8 Å². The topological polar surface area (TPSA) is 66.8 Å². The number of amides is 1. The van der Waals surface area contributed by atoms with E-state index in [-0.39, 0.29) is 25.3 Å². The van der Waals surface area contributed by atoms with Crippen molar-refractivity contribution < 1.29 is 37.0 Å². The molecule has 0 saturated carbocycles. The van der Waals surface area contributed by atoms with Crippen LogP contribution in [-0.4, -0.2) is 47.7 Å². The fraction of sp³-hybridized carbons (Fsp3) is 0.429. The van der Waals surface area contributed by atoms with Gasteiger partial charge in [0.15, 0.2) is 6.04 Å². The van der Waals surface area contributed by atoms with Crippen molar-refractivity contribution in [2.45, 2.75) is 18.4 Å². The molecule has 5 nitrogen and oxygen atoms in total. The van der Waals surface area contributed by atoms with Crippen LogP contribution in [0, 0.1) is 0 Å². The molecule has 1 N–H and O–H groups in total. The standard InChI is InChI=1S/C14H13F4NO4/c15-11(8-1-3-9(4-2-8)14(16,17)18)12(20)19-5-6-23-7-10(19)13(21)22/h1-4,10-11H,5-7H2,(H,21,22). The maximum atomic E-state index is 14.3. The van der Waals surface area contributed by atoms with Crippen molar-refractivity contribution >= 4 is 11.9 Å². The van der Waals surface area contributed by atoms with E-state index in [1.54, 1.807) is 0 Å². The van der Waals surface area contributed by atoms with Crippen molar-refractivity contribution in [1.29, 1.82) is 0 Å². The summed E-state index contributed by atoms with van der Waals surface area (Å²) in [6.07, 6.45) is -6.80. The number of carboxylic acid groups (broad SMARTS) is 1. The Morgan fingerprint density at radius 2 is 1.87 bits per heavy atom. The molecule has 1 saturated heterocycles. The molecule has 1 aliphatic heterocycles. The van der Waals surface area contributed by atoms with Gasteiger partial charge in [0.2, 0.25) is 6.17 Å². The van der Waals surface area contributed by atoms with E-state index in [1.807, 2.05) is 0 Å². The lowest BCUT2D eigenvalue weighted by Crippen LogP contribution is -2.53. The molecule has 1 fully saturated rings. The van der Waals surface area contributed by atoms with E-state index in [0.717, 1.165) is 17.0 Å². The molecule has 0 radical (unpaired) electrons. The van der Waals surface area contributed by atoms with Crippen LogP contribution in [-0.2, 0) is 20.5 Å². The summed E-state index contributed by atoms with van der Waals surface area (Å²) in [5.41, 5.74) is -1.23. The molecule has 1 heterocycles. The van der Waals surface area contributed by atoms with Crippen LogP contribution in [0.15, 0.2) is 24.3 Å². The summed E-state index contributed by atoms with van der Waals surface area (Å²) in [5, 5.41) is 9.01. The SMILES string of the molecule is O=C(O)C1COCCN1C(=O)C(F)c1ccc(C(F)(F)F)cc1. The molecule has 0 aliphatic carbocycles. The average Bonchev–Trinajstić information content (AvgIpc) is 2.52. The molecule has 23 heavy (non-hydrogen) atoms. The average molecular weight is 335 g/mol. The van der Waals surface area contributed by atoms with E-state index in [2.05, 4.69) is 0 Å². The minimum absolute atomic E-state index is 0.0647. The Morgan fingerprint density at radius 1 is 1.26 bits per heavy atom. The Morgan fingerprint density at radius 3 is 2.39 bits per heavy atom. The van der Waals surface area contributed by atoms with Crippen LogP contribution >= 0.6 is 0 Å². The van der Waals surface area contributed by atoms with Gasteiger partial charge in [-0.1, -0.05) is 12.1 Å². The van der Waals surface area contributed by atoms with Gasteiger partial charge in [0.05, 0.1) is 18.8 Å². The second-order valence-electron chi connectivity index (χ2n) is 4.94. The second kappa shape index (κ2) is 6.53. The van der Waals surface area contributed by atoms with Gasteiger partial charge in [-0.2, -0.15) is 13.2 Å². The quantitative estimate of drug-likeness (QED) is 0.859. The summed E-state index contributed by atoms with van der Waals surface area (Å²) < 4.78 is 56.6. The smallest absolute Gasteiger partial charge is 0.416 e. The van der Waals surface area contributed by atoms with Crippen LogP contribution in [0.2, 0.25) is 0 Å². The summed E-state index contributed by atoms with van der Waals surface area (Å²) in [7, 11) is 0. The Balaban J connectivity index is 2.17. The highest BCUT2D eigenvalue weighted by Gasteiger charge is 2.37. The summed E-state index contributed by atoms with van der Waals surface area (Å²) in [5.74, 6) is -2.45. The van der Waals surface area contributed by atoms with Gasteiger partial charge in [-0.3, -0.25) is 4.79 Å². The molecule has 1 aromatic rings. The summed E-state index contributed by atoms with van der Waals surface area (Å²) in [6, 6.07) is 1.75. The number of carbonyl (C=O) groups is 2. The van der Waals surface area contributed by atoms with Crippen molar-refractivity contribution in [3.63, 3.8) is 0 Å². The van der Waals surface area contributed by atoms with Crippen LogP contribution in [0.5, 0.6) is 0 Å². The van der Waals surface area contributed by atoms with E-state index in [0.29, 0.717) is 12.1 Å². The van der Waals surface area contributed by atoms with Gasteiger partial charge in [-0.15, -0.1) is 0 Å². The van der Waals surface area contributed by atoms with Crippen LogP contribution in [0.25, 0.3) is 0 Å². The number of alkyl halides is 4. The van der Waals surface area contributed by atoms with Crippen LogP contribution in [0.1, 0.15) is 17.3 Å². The van der Waals surface area contributed by atoms with Gasteiger partial charge in [-0.25, -0.2) is 9.18 Å². The largest absolute Gasteiger partial charge is 0.480 e. The molecule has 0 spiro atoms. The Bertz CT molecular complexity index is 587. The number of hydrogen-bond donors (Lipinski definition) is 1. The second-order valence-corrected chi connectivity index (χ2v) is 4.94. The van der Waals surface area contributed by atoms with Gasteiger partial charge in [-0.05, 0) is 17.7 Å². The van der Waals surface area contributed by atoms with E-state index in [9.17, 15) is 27.2 Å². The van der Waals surface area contributed by atoms with E-state index >= 15 is 0 Å². The number of rotatable bonds is 3. The van der Waals surface area contributed by atoms with E-state index in [4.69, 9.17) is 9.84 Å². The molecule has 0 aromatic heterocycles. The van der Waals surface area contributed by atoms with Gasteiger partial charge in [0, 0.05) is 6.54 Å². The summed E-state index contributed by atoms with van der Waals surface area (Å²) >= 11 is 0. The zero-order valence-corrected chi connectivity index (χ0v) is 11.7. The molecular formula is C14H13F4NO4. The number of hydrogen-bond acceptors (Lipinski definition) is 3. The molecule has 2 atom stereocenters. The molecule has 1 aromatic carbocycles. The number of aliphatic carboxylic acids is 1. The van der Waals surface area contributed by atoms with Gasteiger partial charge in [0.1, 0.15) is 0 Å². The third-order valence-corrected chi connectivity index (χ3v) is 3.44. The predicted molar refractivity (Wildman–Crippen MR) is 69.2 cm³/mol.